The molecule has 0 aromatic carbocycles. The molecule has 1 unspecified atom stereocenters. The number of nitrogens with one attached hydrogen (secondary N) is 2. The highest BCUT2D eigenvalue weighted by Crippen LogP contribution is 2.36. The lowest BCUT2D eigenvalue weighted by Crippen LogP contribution is -2.37. The highest BCUT2D eigenvalue weighted by Gasteiger charge is 2.29. The number of amides is 1. The van der Waals surface area contributed by atoms with Gasteiger partial charge in [0.2, 0.25) is 5.91 Å². The molecule has 2 rings (SSSR count). The second kappa shape index (κ2) is 6.80. The third-order valence-electron chi connectivity index (χ3n) is 4.20. The van der Waals surface area contributed by atoms with Crippen LogP contribution < -0.4 is 10.6 Å². The van der Waals surface area contributed by atoms with Gasteiger partial charge < -0.3 is 10.6 Å². The summed E-state index contributed by atoms with van der Waals surface area (Å²) in [7, 11) is 0. The summed E-state index contributed by atoms with van der Waals surface area (Å²) in [5.74, 6) is 2.26. The van der Waals surface area contributed by atoms with Crippen molar-refractivity contribution in [3.63, 3.8) is 0 Å². The maximum Gasteiger partial charge on any atom is 0.220 e. The maximum atomic E-state index is 11.8. The monoisotopic (exact) mass is 270 g/mol. The van der Waals surface area contributed by atoms with E-state index < -0.39 is 0 Å². The third kappa shape index (κ3) is 4.47. The van der Waals surface area contributed by atoms with Crippen LogP contribution in [0.4, 0.5) is 0 Å². The van der Waals surface area contributed by atoms with E-state index in [4.69, 9.17) is 0 Å². The quantitative estimate of drug-likeness (QED) is 0.804. The molecule has 1 amide bonds. The Labute approximate surface area is 115 Å². The average Bonchev–Trinajstić information content (AvgIpc) is 2.83. The second-order valence-corrected chi connectivity index (χ2v) is 7.59. The van der Waals surface area contributed by atoms with E-state index in [9.17, 15) is 4.79 Å². The average molecular weight is 270 g/mol. The fourth-order valence-electron chi connectivity index (χ4n) is 2.86. The smallest absolute Gasteiger partial charge is 0.220 e. The van der Waals surface area contributed by atoms with Crippen molar-refractivity contribution in [3.05, 3.63) is 0 Å². The first kappa shape index (κ1) is 14.2. The summed E-state index contributed by atoms with van der Waals surface area (Å²) < 4.78 is 0.296. The molecule has 0 radical (unpaired) electrons. The number of carbonyl (C=O) groups is 1. The fraction of sp³-hybridized carbons (Fsp3) is 0.929. The number of carbonyl (C=O) groups excluding carboxylic acids is 1. The van der Waals surface area contributed by atoms with Crippen LogP contribution in [0, 0.1) is 5.92 Å². The molecule has 2 aliphatic heterocycles. The highest BCUT2D eigenvalue weighted by atomic mass is 32.2. The predicted octanol–water partition coefficient (Wildman–Crippen LogP) is 2.17. The van der Waals surface area contributed by atoms with Gasteiger partial charge in [0.15, 0.2) is 0 Å². The van der Waals surface area contributed by atoms with Crippen LogP contribution in [0.15, 0.2) is 0 Å². The van der Waals surface area contributed by atoms with Crippen LogP contribution in [0.2, 0.25) is 0 Å². The Bertz CT molecular complexity index is 271. The topological polar surface area (TPSA) is 41.1 Å². The molecule has 0 saturated carbocycles. The second-order valence-electron chi connectivity index (χ2n) is 5.91. The molecule has 18 heavy (non-hydrogen) atoms. The summed E-state index contributed by atoms with van der Waals surface area (Å²) in [5, 5.41) is 6.50. The van der Waals surface area contributed by atoms with E-state index in [2.05, 4.69) is 17.6 Å². The minimum Gasteiger partial charge on any atom is -0.355 e. The lowest BCUT2D eigenvalue weighted by molar-refractivity contribution is -0.121. The lowest BCUT2D eigenvalue weighted by Gasteiger charge is -2.24. The Morgan fingerprint density at radius 1 is 1.44 bits per heavy atom. The van der Waals surface area contributed by atoms with Gasteiger partial charge >= 0.3 is 0 Å². The molecular formula is C14H26N2OS. The van der Waals surface area contributed by atoms with Crippen LogP contribution in [0.25, 0.3) is 0 Å². The van der Waals surface area contributed by atoms with Crippen LogP contribution in [-0.4, -0.2) is 36.0 Å². The van der Waals surface area contributed by atoms with Crippen LogP contribution >= 0.6 is 11.8 Å². The molecular weight excluding hydrogens is 244 g/mol. The van der Waals surface area contributed by atoms with Crippen molar-refractivity contribution in [1.29, 1.82) is 0 Å². The molecule has 0 bridgehead atoms. The number of piperidine rings is 1. The maximum absolute atomic E-state index is 11.8. The molecule has 2 N–H and O–H groups in total. The van der Waals surface area contributed by atoms with Gasteiger partial charge in [-0.2, -0.15) is 11.8 Å². The van der Waals surface area contributed by atoms with Crippen molar-refractivity contribution >= 4 is 17.7 Å². The molecule has 0 aliphatic carbocycles. The Hall–Kier alpha value is -0.220. The SMILES string of the molecule is CC1(CNC(=O)CCC2CCNCC2)CCCS1. The van der Waals surface area contributed by atoms with E-state index in [1.54, 1.807) is 0 Å². The number of thioether (sulfide) groups is 1. The van der Waals surface area contributed by atoms with Gasteiger partial charge in [0.1, 0.15) is 0 Å². The van der Waals surface area contributed by atoms with Crippen LogP contribution in [0.1, 0.15) is 45.4 Å². The number of hydrogen-bond acceptors (Lipinski definition) is 3. The molecule has 2 aliphatic rings. The number of rotatable bonds is 5. The Balaban J connectivity index is 1.59. The minimum atomic E-state index is 0.252. The van der Waals surface area contributed by atoms with Crippen LogP contribution in [0.5, 0.6) is 0 Å². The van der Waals surface area contributed by atoms with E-state index in [0.717, 1.165) is 32.0 Å². The van der Waals surface area contributed by atoms with Gasteiger partial charge in [-0.25, -0.2) is 0 Å². The molecule has 0 aromatic rings. The van der Waals surface area contributed by atoms with Crippen molar-refractivity contribution in [2.45, 2.75) is 50.2 Å². The largest absolute Gasteiger partial charge is 0.355 e. The normalized spacial score (nSPS) is 29.4. The molecule has 2 heterocycles. The zero-order valence-electron chi connectivity index (χ0n) is 11.5. The minimum absolute atomic E-state index is 0.252. The lowest BCUT2D eigenvalue weighted by atomic mass is 9.93. The van der Waals surface area contributed by atoms with Crippen LogP contribution in [0.3, 0.4) is 0 Å². The first-order chi connectivity index (χ1) is 8.68. The van der Waals surface area contributed by atoms with Gasteiger partial charge in [-0.1, -0.05) is 0 Å². The van der Waals surface area contributed by atoms with E-state index in [0.29, 0.717) is 11.2 Å². The van der Waals surface area contributed by atoms with Crippen molar-refractivity contribution in [2.75, 3.05) is 25.4 Å². The van der Waals surface area contributed by atoms with Gasteiger partial charge in [0.25, 0.3) is 0 Å². The zero-order valence-corrected chi connectivity index (χ0v) is 12.3. The van der Waals surface area contributed by atoms with Crippen molar-refractivity contribution in [2.24, 2.45) is 5.92 Å². The van der Waals surface area contributed by atoms with E-state index in [1.807, 2.05) is 11.8 Å². The molecule has 2 saturated heterocycles. The standard InChI is InChI=1S/C14H26N2OS/c1-14(7-2-10-18-14)11-16-13(17)4-3-12-5-8-15-9-6-12/h12,15H,2-11H2,1H3,(H,16,17). The van der Waals surface area contributed by atoms with Gasteiger partial charge in [-0.15, -0.1) is 0 Å². The molecule has 4 heteroatoms. The molecule has 104 valence electrons. The van der Waals surface area contributed by atoms with Crippen molar-refractivity contribution in [3.8, 4) is 0 Å². The highest BCUT2D eigenvalue weighted by molar-refractivity contribution is 8.00. The first-order valence-corrected chi connectivity index (χ1v) is 8.28. The fourth-order valence-corrected chi connectivity index (χ4v) is 4.10. The molecule has 1 atom stereocenters. The summed E-state index contributed by atoms with van der Waals surface area (Å²) >= 11 is 2.01. The Morgan fingerprint density at radius 2 is 2.22 bits per heavy atom. The summed E-state index contributed by atoms with van der Waals surface area (Å²) in [4.78, 5) is 11.8. The van der Waals surface area contributed by atoms with E-state index in [-0.39, 0.29) is 5.91 Å². The molecule has 3 nitrogen and oxygen atoms in total. The van der Waals surface area contributed by atoms with E-state index in [1.165, 1.54) is 31.4 Å². The zero-order chi connectivity index (χ0) is 12.8. The molecule has 2 fully saturated rings. The van der Waals surface area contributed by atoms with Gasteiger partial charge in [-0.3, -0.25) is 4.79 Å². The number of hydrogen-bond donors (Lipinski definition) is 2. The predicted molar refractivity (Wildman–Crippen MR) is 77.9 cm³/mol. The van der Waals surface area contributed by atoms with Crippen molar-refractivity contribution < 1.29 is 4.79 Å². The summed E-state index contributed by atoms with van der Waals surface area (Å²) in [6, 6.07) is 0. The Kier molecular flexibility index (Phi) is 5.37. The first-order valence-electron chi connectivity index (χ1n) is 7.29. The molecule has 0 aromatic heterocycles. The van der Waals surface area contributed by atoms with E-state index >= 15 is 0 Å². The molecule has 0 spiro atoms. The summed E-state index contributed by atoms with van der Waals surface area (Å²) in [6.07, 6.45) is 6.79. The summed E-state index contributed by atoms with van der Waals surface area (Å²) in [5.41, 5.74) is 0. The van der Waals surface area contributed by atoms with Gasteiger partial charge in [0.05, 0.1) is 0 Å². The van der Waals surface area contributed by atoms with Crippen LogP contribution in [-0.2, 0) is 4.79 Å². The Morgan fingerprint density at radius 3 is 2.89 bits per heavy atom. The third-order valence-corrected chi connectivity index (χ3v) is 5.74. The van der Waals surface area contributed by atoms with Gasteiger partial charge in [-0.05, 0) is 63.8 Å². The van der Waals surface area contributed by atoms with Crippen molar-refractivity contribution in [1.82, 2.24) is 10.6 Å². The van der Waals surface area contributed by atoms with Gasteiger partial charge in [0, 0.05) is 17.7 Å². The summed E-state index contributed by atoms with van der Waals surface area (Å²) in [6.45, 7) is 5.38.